The van der Waals surface area contributed by atoms with Gasteiger partial charge >= 0.3 is 5.97 Å². The van der Waals surface area contributed by atoms with Gasteiger partial charge in [-0.15, -0.1) is 0 Å². The molecule has 0 unspecified atom stereocenters. The average Bonchev–Trinajstić information content (AvgIpc) is 2.66. The summed E-state index contributed by atoms with van der Waals surface area (Å²) in [6.07, 6.45) is 0. The van der Waals surface area contributed by atoms with Gasteiger partial charge in [-0.05, 0) is 36.8 Å². The molecular formula is C20H23NO5. The van der Waals surface area contributed by atoms with Gasteiger partial charge in [0, 0.05) is 18.2 Å². The highest BCUT2D eigenvalue weighted by Gasteiger charge is 2.20. The highest BCUT2D eigenvalue weighted by molar-refractivity contribution is 5.96. The zero-order valence-corrected chi connectivity index (χ0v) is 15.4. The monoisotopic (exact) mass is 357 g/mol. The number of rotatable bonds is 7. The molecule has 2 aromatic carbocycles. The van der Waals surface area contributed by atoms with E-state index in [-0.39, 0.29) is 19.0 Å². The molecule has 0 aliphatic rings. The number of methoxy groups -OCH3 is 3. The van der Waals surface area contributed by atoms with E-state index in [9.17, 15) is 9.59 Å². The molecule has 0 aromatic heterocycles. The first-order valence-corrected chi connectivity index (χ1v) is 8.11. The zero-order valence-electron chi connectivity index (χ0n) is 15.4. The van der Waals surface area contributed by atoms with Crippen molar-refractivity contribution in [3.63, 3.8) is 0 Å². The van der Waals surface area contributed by atoms with E-state index in [2.05, 4.69) is 0 Å². The topological polar surface area (TPSA) is 65.1 Å². The summed E-state index contributed by atoms with van der Waals surface area (Å²) in [7, 11) is 4.41. The highest BCUT2D eigenvalue weighted by Crippen LogP contribution is 2.24. The van der Waals surface area contributed by atoms with E-state index in [4.69, 9.17) is 14.2 Å². The second kappa shape index (κ2) is 8.89. The summed E-state index contributed by atoms with van der Waals surface area (Å²) < 4.78 is 15.3. The Morgan fingerprint density at radius 2 is 1.50 bits per heavy atom. The lowest BCUT2D eigenvalue weighted by Crippen LogP contribution is -2.35. The van der Waals surface area contributed by atoms with Crippen LogP contribution in [0.25, 0.3) is 0 Å². The molecule has 0 heterocycles. The molecule has 2 rings (SSSR count). The maximum absolute atomic E-state index is 12.9. The zero-order chi connectivity index (χ0) is 19.1. The number of carbonyl (C=O) groups excluding carboxylic acids is 2. The van der Waals surface area contributed by atoms with E-state index in [0.29, 0.717) is 17.1 Å². The molecule has 0 saturated heterocycles. The molecule has 1 amide bonds. The summed E-state index contributed by atoms with van der Waals surface area (Å²) in [5.74, 6) is 0.484. The van der Waals surface area contributed by atoms with Gasteiger partial charge in [-0.2, -0.15) is 0 Å². The van der Waals surface area contributed by atoms with Crippen LogP contribution < -0.4 is 9.47 Å². The Balaban J connectivity index is 2.31. The van der Waals surface area contributed by atoms with Gasteiger partial charge < -0.3 is 19.1 Å². The minimum absolute atomic E-state index is 0.150. The second-order valence-corrected chi connectivity index (χ2v) is 5.82. The molecule has 0 saturated carbocycles. The summed E-state index contributed by atoms with van der Waals surface area (Å²) in [5.41, 5.74) is 2.35. The normalized spacial score (nSPS) is 10.2. The predicted octanol–water partition coefficient (Wildman–Crippen LogP) is 2.83. The molecule has 138 valence electrons. The number of hydrogen-bond donors (Lipinski definition) is 0. The molecule has 0 aliphatic heterocycles. The first-order chi connectivity index (χ1) is 12.5. The number of esters is 1. The van der Waals surface area contributed by atoms with Crippen molar-refractivity contribution >= 4 is 11.9 Å². The summed E-state index contributed by atoms with van der Waals surface area (Å²) in [6.45, 7) is 2.01. The fourth-order valence-electron chi connectivity index (χ4n) is 2.48. The Morgan fingerprint density at radius 3 is 2.00 bits per heavy atom. The molecule has 2 aromatic rings. The van der Waals surface area contributed by atoms with Gasteiger partial charge in [-0.3, -0.25) is 9.59 Å². The van der Waals surface area contributed by atoms with Crippen LogP contribution in [-0.4, -0.2) is 44.7 Å². The van der Waals surface area contributed by atoms with Crippen LogP contribution in [0.4, 0.5) is 0 Å². The van der Waals surface area contributed by atoms with Crippen LogP contribution in [0.5, 0.6) is 11.5 Å². The molecule has 6 heteroatoms. The van der Waals surface area contributed by atoms with Crippen molar-refractivity contribution in [2.24, 2.45) is 0 Å². The first kappa shape index (κ1) is 19.3. The van der Waals surface area contributed by atoms with Crippen LogP contribution in [0, 0.1) is 6.92 Å². The summed E-state index contributed by atoms with van der Waals surface area (Å²) in [6, 6.07) is 12.6. The molecule has 0 atom stereocenters. The Labute approximate surface area is 153 Å². The molecule has 0 N–H and O–H groups in total. The molecular weight excluding hydrogens is 334 g/mol. The van der Waals surface area contributed by atoms with Crippen LogP contribution in [0.15, 0.2) is 42.5 Å². The average molecular weight is 357 g/mol. The lowest BCUT2D eigenvalue weighted by atomic mass is 10.1. The predicted molar refractivity (Wildman–Crippen MR) is 97.5 cm³/mol. The molecule has 0 spiro atoms. The van der Waals surface area contributed by atoms with Crippen molar-refractivity contribution in [2.75, 3.05) is 27.9 Å². The van der Waals surface area contributed by atoms with E-state index >= 15 is 0 Å². The van der Waals surface area contributed by atoms with E-state index in [1.54, 1.807) is 44.6 Å². The maximum Gasteiger partial charge on any atom is 0.325 e. The maximum atomic E-state index is 12.9. The molecule has 0 bridgehead atoms. The second-order valence-electron chi connectivity index (χ2n) is 5.82. The number of aryl methyl sites for hydroxylation is 1. The fourth-order valence-corrected chi connectivity index (χ4v) is 2.48. The Kier molecular flexibility index (Phi) is 6.60. The van der Waals surface area contributed by atoms with Gasteiger partial charge in [0.15, 0.2) is 0 Å². The summed E-state index contributed by atoms with van der Waals surface area (Å²) >= 11 is 0. The third-order valence-electron chi connectivity index (χ3n) is 3.92. The molecule has 26 heavy (non-hydrogen) atoms. The SMILES string of the molecule is COC(=O)CN(Cc1cc(OC)cc(OC)c1)C(=O)c1ccc(C)cc1. The van der Waals surface area contributed by atoms with Crippen LogP contribution >= 0.6 is 0 Å². The Morgan fingerprint density at radius 1 is 0.923 bits per heavy atom. The summed E-state index contributed by atoms with van der Waals surface area (Å²) in [4.78, 5) is 26.1. The van der Waals surface area contributed by atoms with Crippen molar-refractivity contribution < 1.29 is 23.8 Å². The Bertz CT molecular complexity index is 748. The number of ether oxygens (including phenoxy) is 3. The lowest BCUT2D eigenvalue weighted by Gasteiger charge is -2.22. The van der Waals surface area contributed by atoms with E-state index in [1.165, 1.54) is 12.0 Å². The minimum Gasteiger partial charge on any atom is -0.497 e. The van der Waals surface area contributed by atoms with E-state index in [0.717, 1.165) is 11.1 Å². The molecule has 0 fully saturated rings. The quantitative estimate of drug-likeness (QED) is 0.713. The first-order valence-electron chi connectivity index (χ1n) is 8.11. The van der Waals surface area contributed by atoms with Gasteiger partial charge in [0.1, 0.15) is 18.0 Å². The van der Waals surface area contributed by atoms with Crippen molar-refractivity contribution in [1.82, 2.24) is 4.90 Å². The fraction of sp³-hybridized carbons (Fsp3) is 0.300. The largest absolute Gasteiger partial charge is 0.497 e. The number of benzene rings is 2. The van der Waals surface area contributed by atoms with Crippen LogP contribution in [-0.2, 0) is 16.1 Å². The van der Waals surface area contributed by atoms with Crippen LogP contribution in [0.2, 0.25) is 0 Å². The van der Waals surface area contributed by atoms with Crippen molar-refractivity contribution in [3.05, 3.63) is 59.2 Å². The number of amides is 1. The number of carbonyl (C=O) groups is 2. The third-order valence-corrected chi connectivity index (χ3v) is 3.92. The van der Waals surface area contributed by atoms with Gasteiger partial charge in [-0.25, -0.2) is 0 Å². The van der Waals surface area contributed by atoms with Crippen LogP contribution in [0.3, 0.4) is 0 Å². The van der Waals surface area contributed by atoms with Gasteiger partial charge in [0.2, 0.25) is 0 Å². The van der Waals surface area contributed by atoms with Gasteiger partial charge in [-0.1, -0.05) is 17.7 Å². The van der Waals surface area contributed by atoms with E-state index in [1.807, 2.05) is 19.1 Å². The Hall–Kier alpha value is -3.02. The minimum atomic E-state index is -0.486. The van der Waals surface area contributed by atoms with Crippen LogP contribution in [0.1, 0.15) is 21.5 Å². The lowest BCUT2D eigenvalue weighted by molar-refractivity contribution is -0.141. The number of nitrogens with zero attached hydrogens (tertiary/aromatic N) is 1. The standard InChI is InChI=1S/C20H23NO5/c1-14-5-7-16(8-6-14)20(23)21(13-19(22)26-4)12-15-9-17(24-2)11-18(10-15)25-3/h5-11H,12-13H2,1-4H3. The smallest absolute Gasteiger partial charge is 0.325 e. The van der Waals surface area contributed by atoms with Gasteiger partial charge in [0.05, 0.1) is 21.3 Å². The molecule has 0 radical (unpaired) electrons. The van der Waals surface area contributed by atoms with Crippen molar-refractivity contribution in [3.8, 4) is 11.5 Å². The van der Waals surface area contributed by atoms with Gasteiger partial charge in [0.25, 0.3) is 5.91 Å². The summed E-state index contributed by atoms with van der Waals surface area (Å²) in [5, 5.41) is 0. The molecule has 6 nitrogen and oxygen atoms in total. The number of hydrogen-bond acceptors (Lipinski definition) is 5. The van der Waals surface area contributed by atoms with Crippen molar-refractivity contribution in [2.45, 2.75) is 13.5 Å². The highest BCUT2D eigenvalue weighted by atomic mass is 16.5. The van der Waals surface area contributed by atoms with Crippen molar-refractivity contribution in [1.29, 1.82) is 0 Å². The third kappa shape index (κ3) is 4.99. The molecule has 0 aliphatic carbocycles. The van der Waals surface area contributed by atoms with E-state index < -0.39 is 5.97 Å².